The molecule has 2 aliphatic heterocycles. The molecule has 0 radical (unpaired) electrons. The third-order valence-electron chi connectivity index (χ3n) is 5.91. The highest BCUT2D eigenvalue weighted by molar-refractivity contribution is 5.64. The number of anilines is 1. The molecule has 1 aromatic carbocycles. The summed E-state index contributed by atoms with van der Waals surface area (Å²) < 4.78 is 5.43. The molecule has 0 unspecified atom stereocenters. The molecule has 0 spiro atoms. The van der Waals surface area contributed by atoms with E-state index in [-0.39, 0.29) is 0 Å². The van der Waals surface area contributed by atoms with Crippen molar-refractivity contribution in [3.63, 3.8) is 0 Å². The van der Waals surface area contributed by atoms with Gasteiger partial charge in [-0.15, -0.1) is 0 Å². The fourth-order valence-corrected chi connectivity index (χ4v) is 4.03. The summed E-state index contributed by atoms with van der Waals surface area (Å²) in [6.45, 7) is 13.6. The lowest BCUT2D eigenvalue weighted by atomic mass is 10.1. The van der Waals surface area contributed by atoms with E-state index in [4.69, 9.17) is 9.72 Å². The topological polar surface area (TPSA) is 31.8 Å². The molecule has 0 amide bonds. The van der Waals surface area contributed by atoms with E-state index in [0.717, 1.165) is 64.8 Å². The summed E-state index contributed by atoms with van der Waals surface area (Å²) >= 11 is 0. The van der Waals surface area contributed by atoms with Gasteiger partial charge in [0.2, 0.25) is 0 Å². The van der Waals surface area contributed by atoms with Crippen molar-refractivity contribution in [1.82, 2.24) is 14.8 Å². The highest BCUT2D eigenvalue weighted by Gasteiger charge is 2.19. The molecule has 0 saturated carbocycles. The Morgan fingerprint density at radius 3 is 2.14 bits per heavy atom. The minimum absolute atomic E-state index is 0.628. The maximum atomic E-state index is 5.43. The molecule has 0 bridgehead atoms. The number of pyridine rings is 1. The monoisotopic (exact) mass is 380 g/mol. The molecule has 0 N–H and O–H groups in total. The van der Waals surface area contributed by atoms with Crippen molar-refractivity contribution < 1.29 is 4.74 Å². The molecule has 4 rings (SSSR count). The van der Waals surface area contributed by atoms with Crippen molar-refractivity contribution in [2.45, 2.75) is 26.4 Å². The summed E-state index contributed by atoms with van der Waals surface area (Å²) in [6, 6.07) is 13.9. The number of piperazine rings is 1. The first-order valence-electron chi connectivity index (χ1n) is 10.5. The van der Waals surface area contributed by atoms with Gasteiger partial charge in [-0.05, 0) is 37.1 Å². The van der Waals surface area contributed by atoms with Gasteiger partial charge in [-0.2, -0.15) is 0 Å². The molecule has 0 aliphatic carbocycles. The van der Waals surface area contributed by atoms with Gasteiger partial charge >= 0.3 is 0 Å². The van der Waals surface area contributed by atoms with Gasteiger partial charge in [0.05, 0.1) is 13.2 Å². The standard InChI is InChI=1S/C23H32N4O/c1-19(2)26-9-11-27(12-10-26)23-8-7-22(17-24-23)21-5-3-20(4-6-21)18-25-13-15-28-16-14-25/h3-8,17,19H,9-16,18H2,1-2H3. The molecule has 2 aromatic rings. The van der Waals surface area contributed by atoms with Gasteiger partial charge in [-0.25, -0.2) is 4.98 Å². The van der Waals surface area contributed by atoms with Gasteiger partial charge in [0, 0.05) is 63.6 Å². The highest BCUT2D eigenvalue weighted by Crippen LogP contribution is 2.23. The number of aromatic nitrogens is 1. The van der Waals surface area contributed by atoms with Crippen LogP contribution in [0.2, 0.25) is 0 Å². The minimum atomic E-state index is 0.628. The van der Waals surface area contributed by atoms with Crippen molar-refractivity contribution in [3.05, 3.63) is 48.2 Å². The average Bonchev–Trinajstić information content (AvgIpc) is 2.75. The quantitative estimate of drug-likeness (QED) is 0.796. The Bertz CT molecular complexity index is 730. The Labute approximate surface area is 168 Å². The number of hydrogen-bond acceptors (Lipinski definition) is 5. The molecule has 5 heteroatoms. The largest absolute Gasteiger partial charge is 0.379 e. The van der Waals surface area contributed by atoms with Crippen LogP contribution in [-0.4, -0.2) is 73.3 Å². The molecule has 28 heavy (non-hydrogen) atoms. The van der Waals surface area contributed by atoms with E-state index < -0.39 is 0 Å². The molecule has 0 atom stereocenters. The first-order valence-corrected chi connectivity index (χ1v) is 10.5. The van der Waals surface area contributed by atoms with Crippen molar-refractivity contribution in [1.29, 1.82) is 0 Å². The number of morpholine rings is 1. The Morgan fingerprint density at radius 2 is 1.54 bits per heavy atom. The molecule has 1 aromatic heterocycles. The van der Waals surface area contributed by atoms with Crippen molar-refractivity contribution in [3.8, 4) is 11.1 Å². The number of benzene rings is 1. The zero-order valence-corrected chi connectivity index (χ0v) is 17.2. The van der Waals surface area contributed by atoms with Crippen LogP contribution in [0.1, 0.15) is 19.4 Å². The first kappa shape index (κ1) is 19.4. The van der Waals surface area contributed by atoms with Crippen LogP contribution in [-0.2, 0) is 11.3 Å². The molecule has 2 fully saturated rings. The summed E-state index contributed by atoms with van der Waals surface area (Å²) in [5, 5.41) is 0. The molecule has 5 nitrogen and oxygen atoms in total. The number of hydrogen-bond donors (Lipinski definition) is 0. The fourth-order valence-electron chi connectivity index (χ4n) is 4.03. The lowest BCUT2D eigenvalue weighted by molar-refractivity contribution is 0.0342. The van der Waals surface area contributed by atoms with Crippen LogP contribution in [0.25, 0.3) is 11.1 Å². The third kappa shape index (κ3) is 4.72. The van der Waals surface area contributed by atoms with Gasteiger partial charge in [0.25, 0.3) is 0 Å². The molecular weight excluding hydrogens is 348 g/mol. The lowest BCUT2D eigenvalue weighted by Crippen LogP contribution is -2.49. The Balaban J connectivity index is 1.36. The van der Waals surface area contributed by atoms with Crippen LogP contribution >= 0.6 is 0 Å². The second kappa shape index (κ2) is 9.03. The summed E-state index contributed by atoms with van der Waals surface area (Å²) in [5.41, 5.74) is 3.77. The molecular formula is C23H32N4O. The van der Waals surface area contributed by atoms with Crippen LogP contribution in [0.15, 0.2) is 42.6 Å². The van der Waals surface area contributed by atoms with Crippen LogP contribution < -0.4 is 4.90 Å². The molecule has 2 saturated heterocycles. The van der Waals surface area contributed by atoms with Crippen LogP contribution in [0.4, 0.5) is 5.82 Å². The van der Waals surface area contributed by atoms with Crippen molar-refractivity contribution >= 4 is 5.82 Å². The van der Waals surface area contributed by atoms with E-state index in [1.165, 1.54) is 16.7 Å². The highest BCUT2D eigenvalue weighted by atomic mass is 16.5. The van der Waals surface area contributed by atoms with Gasteiger partial charge in [0.15, 0.2) is 0 Å². The Morgan fingerprint density at radius 1 is 0.857 bits per heavy atom. The summed E-state index contributed by atoms with van der Waals surface area (Å²) in [6.07, 6.45) is 2.02. The van der Waals surface area contributed by atoms with Gasteiger partial charge in [-0.1, -0.05) is 24.3 Å². The zero-order valence-electron chi connectivity index (χ0n) is 17.2. The Hall–Kier alpha value is -1.95. The van der Waals surface area contributed by atoms with E-state index in [0.29, 0.717) is 6.04 Å². The van der Waals surface area contributed by atoms with Crippen LogP contribution in [0, 0.1) is 0 Å². The van der Waals surface area contributed by atoms with Gasteiger partial charge in [0.1, 0.15) is 5.82 Å². The van der Waals surface area contributed by atoms with E-state index in [1.807, 2.05) is 6.20 Å². The van der Waals surface area contributed by atoms with E-state index in [9.17, 15) is 0 Å². The maximum Gasteiger partial charge on any atom is 0.128 e. The molecule has 2 aliphatic rings. The summed E-state index contributed by atoms with van der Waals surface area (Å²) in [4.78, 5) is 12.1. The number of nitrogens with zero attached hydrogens (tertiary/aromatic N) is 4. The molecule has 150 valence electrons. The minimum Gasteiger partial charge on any atom is -0.379 e. The zero-order chi connectivity index (χ0) is 19.3. The second-order valence-electron chi connectivity index (χ2n) is 8.11. The predicted octanol–water partition coefficient (Wildman–Crippen LogP) is 3.11. The third-order valence-corrected chi connectivity index (χ3v) is 5.91. The fraction of sp³-hybridized carbons (Fsp3) is 0.522. The Kier molecular flexibility index (Phi) is 6.25. The lowest BCUT2D eigenvalue weighted by Gasteiger charge is -2.37. The van der Waals surface area contributed by atoms with Crippen molar-refractivity contribution in [2.24, 2.45) is 0 Å². The number of rotatable bonds is 5. The SMILES string of the molecule is CC(C)N1CCN(c2ccc(-c3ccc(CN4CCOCC4)cc3)cn2)CC1. The first-order chi connectivity index (χ1) is 13.7. The van der Waals surface area contributed by atoms with E-state index in [2.05, 4.69) is 64.9 Å². The normalized spacial score (nSPS) is 19.3. The summed E-state index contributed by atoms with van der Waals surface area (Å²) in [5.74, 6) is 1.09. The van der Waals surface area contributed by atoms with Gasteiger partial charge < -0.3 is 9.64 Å². The van der Waals surface area contributed by atoms with E-state index >= 15 is 0 Å². The van der Waals surface area contributed by atoms with Crippen molar-refractivity contribution in [2.75, 3.05) is 57.4 Å². The van der Waals surface area contributed by atoms with E-state index in [1.54, 1.807) is 0 Å². The average molecular weight is 381 g/mol. The summed E-state index contributed by atoms with van der Waals surface area (Å²) in [7, 11) is 0. The predicted molar refractivity (Wildman–Crippen MR) is 115 cm³/mol. The van der Waals surface area contributed by atoms with Gasteiger partial charge in [-0.3, -0.25) is 9.80 Å². The second-order valence-corrected chi connectivity index (χ2v) is 8.11. The maximum absolute atomic E-state index is 5.43. The molecule has 3 heterocycles. The van der Waals surface area contributed by atoms with Crippen LogP contribution in [0.3, 0.4) is 0 Å². The van der Waals surface area contributed by atoms with Crippen LogP contribution in [0.5, 0.6) is 0 Å². The number of ether oxygens (including phenoxy) is 1. The smallest absolute Gasteiger partial charge is 0.128 e.